The molecule has 0 aliphatic carbocycles. The predicted octanol–water partition coefficient (Wildman–Crippen LogP) is 3.54. The molecule has 0 amide bonds. The number of rotatable bonds is 4. The van der Waals surface area contributed by atoms with Gasteiger partial charge in [0.05, 0.1) is 0 Å². The second-order valence-corrected chi connectivity index (χ2v) is 5.47. The molecule has 1 N–H and O–H groups in total. The Morgan fingerprint density at radius 2 is 2.00 bits per heavy atom. The second kappa shape index (κ2) is 5.18. The monoisotopic (exact) mass is 235 g/mol. The Labute approximate surface area is 103 Å². The molecule has 0 radical (unpaired) electrons. The van der Waals surface area contributed by atoms with Gasteiger partial charge in [0.1, 0.15) is 5.82 Å². The summed E-state index contributed by atoms with van der Waals surface area (Å²) in [6.07, 6.45) is 4.73. The fourth-order valence-corrected chi connectivity index (χ4v) is 2.84. The van der Waals surface area contributed by atoms with Crippen LogP contribution in [0.4, 0.5) is 4.39 Å². The lowest BCUT2D eigenvalue weighted by atomic mass is 9.80. The van der Waals surface area contributed by atoms with E-state index in [1.807, 2.05) is 12.1 Å². The number of halogens is 1. The van der Waals surface area contributed by atoms with E-state index >= 15 is 0 Å². The maximum absolute atomic E-state index is 12.8. The summed E-state index contributed by atoms with van der Waals surface area (Å²) >= 11 is 0. The maximum Gasteiger partial charge on any atom is 0.123 e. The van der Waals surface area contributed by atoms with E-state index < -0.39 is 0 Å². The SMILES string of the molecule is CC(C)C1(CCc2ccc(F)cc2)CCCN1. The zero-order chi connectivity index (χ0) is 12.3. The Balaban J connectivity index is 1.98. The van der Waals surface area contributed by atoms with E-state index in [4.69, 9.17) is 0 Å². The van der Waals surface area contributed by atoms with Crippen LogP contribution in [0.15, 0.2) is 24.3 Å². The first-order valence-electron chi connectivity index (χ1n) is 6.62. The first-order valence-corrected chi connectivity index (χ1v) is 6.62. The quantitative estimate of drug-likeness (QED) is 0.841. The van der Waals surface area contributed by atoms with Crippen molar-refractivity contribution in [2.24, 2.45) is 5.92 Å². The van der Waals surface area contributed by atoms with Crippen LogP contribution in [0.3, 0.4) is 0 Å². The number of aryl methyl sites for hydroxylation is 1. The zero-order valence-electron chi connectivity index (χ0n) is 10.8. The van der Waals surface area contributed by atoms with E-state index in [2.05, 4.69) is 19.2 Å². The number of hydrogen-bond donors (Lipinski definition) is 1. The third-order valence-corrected chi connectivity index (χ3v) is 4.15. The van der Waals surface area contributed by atoms with Crippen LogP contribution in [0.2, 0.25) is 0 Å². The minimum Gasteiger partial charge on any atom is -0.311 e. The molecule has 1 fully saturated rings. The summed E-state index contributed by atoms with van der Waals surface area (Å²) in [6, 6.07) is 6.91. The fraction of sp³-hybridized carbons (Fsp3) is 0.600. The van der Waals surface area contributed by atoms with Crippen LogP contribution in [0, 0.1) is 11.7 Å². The van der Waals surface area contributed by atoms with E-state index in [0.717, 1.165) is 19.4 Å². The number of nitrogens with one attached hydrogen (secondary N) is 1. The van der Waals surface area contributed by atoms with E-state index in [-0.39, 0.29) is 5.82 Å². The molecule has 2 rings (SSSR count). The summed E-state index contributed by atoms with van der Waals surface area (Å²) in [5.74, 6) is 0.511. The van der Waals surface area contributed by atoms with Gasteiger partial charge < -0.3 is 5.32 Å². The van der Waals surface area contributed by atoms with Gasteiger partial charge in [-0.05, 0) is 55.8 Å². The zero-order valence-corrected chi connectivity index (χ0v) is 10.8. The molecule has 0 bridgehead atoms. The standard InChI is InChI=1S/C15H22FN/c1-12(2)15(9-3-11-17-15)10-8-13-4-6-14(16)7-5-13/h4-7,12,17H,3,8-11H2,1-2H3. The van der Waals surface area contributed by atoms with Crippen molar-refractivity contribution in [3.05, 3.63) is 35.6 Å². The summed E-state index contributed by atoms with van der Waals surface area (Å²) in [7, 11) is 0. The van der Waals surface area contributed by atoms with Crippen LogP contribution in [-0.2, 0) is 6.42 Å². The number of benzene rings is 1. The average molecular weight is 235 g/mol. The van der Waals surface area contributed by atoms with Gasteiger partial charge in [-0.15, -0.1) is 0 Å². The molecule has 94 valence electrons. The molecular formula is C15H22FN. The molecular weight excluding hydrogens is 213 g/mol. The Kier molecular flexibility index (Phi) is 3.82. The number of hydrogen-bond acceptors (Lipinski definition) is 1. The molecule has 1 saturated heterocycles. The first-order chi connectivity index (χ1) is 8.12. The van der Waals surface area contributed by atoms with Crippen molar-refractivity contribution in [1.29, 1.82) is 0 Å². The highest BCUT2D eigenvalue weighted by Gasteiger charge is 2.35. The van der Waals surface area contributed by atoms with E-state index in [9.17, 15) is 4.39 Å². The summed E-state index contributed by atoms with van der Waals surface area (Å²) < 4.78 is 12.8. The van der Waals surface area contributed by atoms with Crippen molar-refractivity contribution in [3.63, 3.8) is 0 Å². The smallest absolute Gasteiger partial charge is 0.123 e. The third kappa shape index (κ3) is 2.86. The van der Waals surface area contributed by atoms with Crippen LogP contribution in [-0.4, -0.2) is 12.1 Å². The molecule has 1 aromatic carbocycles. The molecule has 1 atom stereocenters. The molecule has 1 nitrogen and oxygen atoms in total. The van der Waals surface area contributed by atoms with Gasteiger partial charge in [0.15, 0.2) is 0 Å². The minimum atomic E-state index is -0.147. The van der Waals surface area contributed by atoms with Gasteiger partial charge in [-0.1, -0.05) is 26.0 Å². The van der Waals surface area contributed by atoms with Crippen molar-refractivity contribution in [2.45, 2.75) is 45.1 Å². The Bertz CT molecular complexity index is 350. The molecule has 1 aliphatic heterocycles. The lowest BCUT2D eigenvalue weighted by Crippen LogP contribution is -2.45. The van der Waals surface area contributed by atoms with Gasteiger partial charge >= 0.3 is 0 Å². The fourth-order valence-electron chi connectivity index (χ4n) is 2.84. The molecule has 0 spiro atoms. The third-order valence-electron chi connectivity index (χ3n) is 4.15. The Morgan fingerprint density at radius 3 is 2.53 bits per heavy atom. The highest BCUT2D eigenvalue weighted by molar-refractivity contribution is 5.17. The lowest BCUT2D eigenvalue weighted by molar-refractivity contribution is 0.252. The van der Waals surface area contributed by atoms with E-state index in [1.165, 1.54) is 18.4 Å². The summed E-state index contributed by atoms with van der Waals surface area (Å²) in [6.45, 7) is 5.73. The van der Waals surface area contributed by atoms with Crippen LogP contribution in [0.5, 0.6) is 0 Å². The normalized spacial score (nSPS) is 24.5. The van der Waals surface area contributed by atoms with Crippen LogP contribution in [0.25, 0.3) is 0 Å². The van der Waals surface area contributed by atoms with Crippen molar-refractivity contribution < 1.29 is 4.39 Å². The van der Waals surface area contributed by atoms with Gasteiger partial charge in [0.2, 0.25) is 0 Å². The molecule has 1 aliphatic rings. The van der Waals surface area contributed by atoms with Gasteiger partial charge in [-0.3, -0.25) is 0 Å². The molecule has 1 unspecified atom stereocenters. The largest absolute Gasteiger partial charge is 0.311 e. The molecule has 1 aromatic rings. The van der Waals surface area contributed by atoms with Gasteiger partial charge in [-0.2, -0.15) is 0 Å². The van der Waals surface area contributed by atoms with Gasteiger partial charge in [0, 0.05) is 5.54 Å². The van der Waals surface area contributed by atoms with E-state index in [0.29, 0.717) is 11.5 Å². The summed E-state index contributed by atoms with van der Waals surface area (Å²) in [4.78, 5) is 0. The minimum absolute atomic E-state index is 0.147. The summed E-state index contributed by atoms with van der Waals surface area (Å²) in [5.41, 5.74) is 1.54. The highest BCUT2D eigenvalue weighted by Crippen LogP contribution is 2.32. The predicted molar refractivity (Wildman–Crippen MR) is 69.5 cm³/mol. The van der Waals surface area contributed by atoms with Crippen molar-refractivity contribution in [2.75, 3.05) is 6.54 Å². The Hall–Kier alpha value is -0.890. The highest BCUT2D eigenvalue weighted by atomic mass is 19.1. The summed E-state index contributed by atoms with van der Waals surface area (Å²) in [5, 5.41) is 3.68. The second-order valence-electron chi connectivity index (χ2n) is 5.47. The molecule has 1 heterocycles. The van der Waals surface area contributed by atoms with Crippen LogP contribution in [0.1, 0.15) is 38.7 Å². The molecule has 0 saturated carbocycles. The molecule has 0 aromatic heterocycles. The lowest BCUT2D eigenvalue weighted by Gasteiger charge is -2.34. The van der Waals surface area contributed by atoms with Gasteiger partial charge in [0.25, 0.3) is 0 Å². The molecule has 2 heteroatoms. The van der Waals surface area contributed by atoms with Crippen LogP contribution >= 0.6 is 0 Å². The maximum atomic E-state index is 12.8. The van der Waals surface area contributed by atoms with Crippen molar-refractivity contribution in [3.8, 4) is 0 Å². The average Bonchev–Trinajstić information content (AvgIpc) is 2.78. The van der Waals surface area contributed by atoms with Crippen molar-refractivity contribution in [1.82, 2.24) is 5.32 Å². The van der Waals surface area contributed by atoms with Crippen LogP contribution < -0.4 is 5.32 Å². The van der Waals surface area contributed by atoms with E-state index in [1.54, 1.807) is 12.1 Å². The topological polar surface area (TPSA) is 12.0 Å². The van der Waals surface area contributed by atoms with Crippen molar-refractivity contribution >= 4 is 0 Å². The van der Waals surface area contributed by atoms with Gasteiger partial charge in [-0.25, -0.2) is 4.39 Å². The first kappa shape index (κ1) is 12.6. The molecule has 17 heavy (non-hydrogen) atoms. The Morgan fingerprint density at radius 1 is 1.29 bits per heavy atom.